The first-order chi connectivity index (χ1) is 13.7. The Morgan fingerprint density at radius 2 is 2.00 bits per heavy atom. The maximum absolute atomic E-state index is 12.9. The molecule has 2 aliphatic rings. The number of carbonyl (C=O) groups excluding carboxylic acids is 1. The molecule has 6 heteroatoms. The third-order valence-electron chi connectivity index (χ3n) is 5.46. The molecule has 2 aromatic rings. The third-order valence-corrected chi connectivity index (χ3v) is 5.46. The topological polar surface area (TPSA) is 57.7 Å². The zero-order valence-electron chi connectivity index (χ0n) is 16.4. The molecule has 0 spiro atoms. The van der Waals surface area contributed by atoms with Gasteiger partial charge in [0.25, 0.3) is 5.91 Å². The summed E-state index contributed by atoms with van der Waals surface area (Å²) in [5, 5.41) is 3.46. The van der Waals surface area contributed by atoms with Crippen LogP contribution in [0.3, 0.4) is 0 Å². The van der Waals surface area contributed by atoms with E-state index in [1.807, 2.05) is 23.1 Å². The van der Waals surface area contributed by atoms with Crippen molar-refractivity contribution in [2.24, 2.45) is 5.92 Å². The van der Waals surface area contributed by atoms with Crippen molar-refractivity contribution < 1.29 is 9.53 Å². The predicted molar refractivity (Wildman–Crippen MR) is 111 cm³/mol. The van der Waals surface area contributed by atoms with Gasteiger partial charge in [0.1, 0.15) is 0 Å². The number of para-hydroxylation sites is 2. The standard InChI is InChI=1S/C22H28N4O2/c1-17-5-4-8-26(16-17)22(27)18-13-19(15-23-14-18)24-20-6-2-3-7-21(20)25-9-11-28-12-10-25/h2-3,6-7,13-15,17,24H,4-5,8-12,16H2,1H3. The molecule has 1 atom stereocenters. The summed E-state index contributed by atoms with van der Waals surface area (Å²) in [6.07, 6.45) is 5.71. The fourth-order valence-electron chi connectivity index (χ4n) is 4.00. The first kappa shape index (κ1) is 18.7. The number of piperidine rings is 1. The second-order valence-corrected chi connectivity index (χ2v) is 7.70. The first-order valence-electron chi connectivity index (χ1n) is 10.1. The lowest BCUT2D eigenvalue weighted by molar-refractivity contribution is 0.0682. The van der Waals surface area contributed by atoms with Crippen molar-refractivity contribution >= 4 is 23.0 Å². The summed E-state index contributed by atoms with van der Waals surface area (Å²) in [5.41, 5.74) is 3.63. The molecule has 0 saturated carbocycles. The van der Waals surface area contributed by atoms with Crippen molar-refractivity contribution in [1.82, 2.24) is 9.88 Å². The van der Waals surface area contributed by atoms with Crippen molar-refractivity contribution in [3.63, 3.8) is 0 Å². The van der Waals surface area contributed by atoms with Crippen LogP contribution in [-0.2, 0) is 4.74 Å². The molecule has 1 amide bonds. The van der Waals surface area contributed by atoms with Crippen LogP contribution in [0.5, 0.6) is 0 Å². The van der Waals surface area contributed by atoms with Gasteiger partial charge in [-0.3, -0.25) is 9.78 Å². The molecule has 28 heavy (non-hydrogen) atoms. The molecule has 2 aliphatic heterocycles. The number of hydrogen-bond acceptors (Lipinski definition) is 5. The number of ether oxygens (including phenoxy) is 1. The lowest BCUT2D eigenvalue weighted by atomic mass is 10.00. The molecule has 2 fully saturated rings. The van der Waals surface area contributed by atoms with Gasteiger partial charge in [0.2, 0.25) is 0 Å². The molecule has 0 aliphatic carbocycles. The number of morpholine rings is 1. The lowest BCUT2D eigenvalue weighted by Crippen LogP contribution is -2.39. The molecule has 2 saturated heterocycles. The van der Waals surface area contributed by atoms with E-state index >= 15 is 0 Å². The average molecular weight is 380 g/mol. The Labute approximate surface area is 166 Å². The Balaban J connectivity index is 1.52. The summed E-state index contributed by atoms with van der Waals surface area (Å²) in [6, 6.07) is 10.1. The van der Waals surface area contributed by atoms with Gasteiger partial charge in [0.05, 0.1) is 42.0 Å². The maximum atomic E-state index is 12.9. The fraction of sp³-hybridized carbons (Fsp3) is 0.455. The number of rotatable bonds is 4. The molecule has 1 unspecified atom stereocenters. The average Bonchev–Trinajstić information content (AvgIpc) is 2.74. The number of nitrogens with one attached hydrogen (secondary N) is 1. The quantitative estimate of drug-likeness (QED) is 0.879. The maximum Gasteiger partial charge on any atom is 0.255 e. The molecule has 148 valence electrons. The van der Waals surface area contributed by atoms with Gasteiger partial charge in [-0.25, -0.2) is 0 Å². The summed E-state index contributed by atoms with van der Waals surface area (Å²) < 4.78 is 5.47. The van der Waals surface area contributed by atoms with Gasteiger partial charge in [0, 0.05) is 32.4 Å². The second kappa shape index (κ2) is 8.61. The Morgan fingerprint density at radius 1 is 1.18 bits per heavy atom. The summed E-state index contributed by atoms with van der Waals surface area (Å²) >= 11 is 0. The van der Waals surface area contributed by atoms with Crippen LogP contribution in [0.4, 0.5) is 17.1 Å². The Bertz CT molecular complexity index is 820. The number of benzene rings is 1. The number of likely N-dealkylation sites (tertiary alicyclic amines) is 1. The van der Waals surface area contributed by atoms with Gasteiger partial charge in [-0.2, -0.15) is 0 Å². The first-order valence-corrected chi connectivity index (χ1v) is 10.1. The second-order valence-electron chi connectivity index (χ2n) is 7.70. The Hall–Kier alpha value is -2.60. The summed E-state index contributed by atoms with van der Waals surface area (Å²) in [5.74, 6) is 0.636. The molecule has 1 aromatic carbocycles. The van der Waals surface area contributed by atoms with E-state index in [0.717, 1.165) is 62.9 Å². The third kappa shape index (κ3) is 4.28. The van der Waals surface area contributed by atoms with Crippen molar-refractivity contribution in [1.29, 1.82) is 0 Å². The molecule has 4 rings (SSSR count). The zero-order valence-corrected chi connectivity index (χ0v) is 16.4. The lowest BCUT2D eigenvalue weighted by Gasteiger charge is -2.31. The minimum absolute atomic E-state index is 0.0733. The van der Waals surface area contributed by atoms with E-state index in [-0.39, 0.29) is 5.91 Å². The van der Waals surface area contributed by atoms with Crippen LogP contribution in [0.15, 0.2) is 42.7 Å². The largest absolute Gasteiger partial charge is 0.378 e. The normalized spacial score (nSPS) is 20.1. The number of aromatic nitrogens is 1. The predicted octanol–water partition coefficient (Wildman–Crippen LogP) is 3.53. The van der Waals surface area contributed by atoms with Crippen LogP contribution in [0, 0.1) is 5.92 Å². The van der Waals surface area contributed by atoms with Crippen LogP contribution >= 0.6 is 0 Å². The molecule has 0 bridgehead atoms. The number of amides is 1. The van der Waals surface area contributed by atoms with Crippen molar-refractivity contribution in [3.8, 4) is 0 Å². The van der Waals surface area contributed by atoms with Gasteiger partial charge in [-0.15, -0.1) is 0 Å². The zero-order chi connectivity index (χ0) is 19.3. The summed E-state index contributed by atoms with van der Waals surface area (Å²) in [4.78, 5) is 21.5. The number of anilines is 3. The molecular weight excluding hydrogens is 352 g/mol. The SMILES string of the molecule is CC1CCCN(C(=O)c2cncc(Nc3ccccc3N3CCOCC3)c2)C1. The van der Waals surface area contributed by atoms with Crippen molar-refractivity contribution in [3.05, 3.63) is 48.3 Å². The van der Waals surface area contributed by atoms with Gasteiger partial charge in [-0.1, -0.05) is 19.1 Å². The van der Waals surface area contributed by atoms with Gasteiger partial charge < -0.3 is 19.9 Å². The van der Waals surface area contributed by atoms with Crippen LogP contribution in [0.2, 0.25) is 0 Å². The molecule has 3 heterocycles. The van der Waals surface area contributed by atoms with Crippen LogP contribution in [0.25, 0.3) is 0 Å². The highest BCUT2D eigenvalue weighted by Gasteiger charge is 2.22. The van der Waals surface area contributed by atoms with Crippen molar-refractivity contribution in [2.45, 2.75) is 19.8 Å². The van der Waals surface area contributed by atoms with Gasteiger partial charge in [0.15, 0.2) is 0 Å². The molecule has 1 aromatic heterocycles. The van der Waals surface area contributed by atoms with E-state index in [4.69, 9.17) is 4.74 Å². The van der Waals surface area contributed by atoms with E-state index in [0.29, 0.717) is 11.5 Å². The number of nitrogens with zero attached hydrogens (tertiary/aromatic N) is 3. The summed E-state index contributed by atoms with van der Waals surface area (Å²) in [7, 11) is 0. The van der Waals surface area contributed by atoms with Crippen molar-refractivity contribution in [2.75, 3.05) is 49.6 Å². The molecule has 1 N–H and O–H groups in total. The number of pyridine rings is 1. The number of hydrogen-bond donors (Lipinski definition) is 1. The fourth-order valence-corrected chi connectivity index (χ4v) is 4.00. The van der Waals surface area contributed by atoms with Gasteiger partial charge in [-0.05, 0) is 37.0 Å². The molecule has 0 radical (unpaired) electrons. The van der Waals surface area contributed by atoms with Crippen LogP contribution in [0.1, 0.15) is 30.1 Å². The minimum atomic E-state index is 0.0733. The highest BCUT2D eigenvalue weighted by Crippen LogP contribution is 2.29. The summed E-state index contributed by atoms with van der Waals surface area (Å²) in [6.45, 7) is 7.11. The number of carbonyl (C=O) groups is 1. The van der Waals surface area contributed by atoms with E-state index in [9.17, 15) is 4.79 Å². The monoisotopic (exact) mass is 380 g/mol. The molecule has 6 nitrogen and oxygen atoms in total. The van der Waals surface area contributed by atoms with E-state index in [2.05, 4.69) is 34.3 Å². The van der Waals surface area contributed by atoms with Crippen LogP contribution < -0.4 is 10.2 Å². The van der Waals surface area contributed by atoms with Gasteiger partial charge >= 0.3 is 0 Å². The van der Waals surface area contributed by atoms with E-state index in [1.165, 1.54) is 6.42 Å². The Kier molecular flexibility index (Phi) is 5.76. The highest BCUT2D eigenvalue weighted by atomic mass is 16.5. The van der Waals surface area contributed by atoms with Crippen LogP contribution in [-0.4, -0.2) is 55.2 Å². The smallest absolute Gasteiger partial charge is 0.255 e. The Morgan fingerprint density at radius 3 is 2.82 bits per heavy atom. The van der Waals surface area contributed by atoms with E-state index < -0.39 is 0 Å². The molecular formula is C22H28N4O2. The van der Waals surface area contributed by atoms with E-state index in [1.54, 1.807) is 12.4 Å². The minimum Gasteiger partial charge on any atom is -0.378 e. The highest BCUT2D eigenvalue weighted by molar-refractivity contribution is 5.95.